The molecule has 3 aromatic rings. The van der Waals surface area contributed by atoms with Crippen LogP contribution >= 0.6 is 0 Å². The second-order valence-corrected chi connectivity index (χ2v) is 7.42. The average molecular weight is 746 g/mol. The molecular formula is C25H35Cl4N3O2Pt. The zero-order valence-electron chi connectivity index (χ0n) is 20.7. The number of nitrogens with zero attached hydrogens (tertiary/aromatic N) is 3. The van der Waals surface area contributed by atoms with Gasteiger partial charge >= 0.3 is 21.1 Å². The average Bonchev–Trinajstić information content (AvgIpc) is 2.78. The van der Waals surface area contributed by atoms with Gasteiger partial charge in [0.2, 0.25) is 0 Å². The zero-order valence-corrected chi connectivity index (χ0v) is 26.0. The first-order valence-corrected chi connectivity index (χ1v) is 11.2. The molecule has 1 heterocycles. The third kappa shape index (κ3) is 11.2. The summed E-state index contributed by atoms with van der Waals surface area (Å²) in [4.78, 5) is 9.61. The first-order valence-electron chi connectivity index (χ1n) is 11.2. The molecule has 5 nitrogen and oxygen atoms in total. The Morgan fingerprint density at radius 1 is 0.686 bits per heavy atom. The van der Waals surface area contributed by atoms with E-state index in [1.165, 1.54) is 0 Å². The van der Waals surface area contributed by atoms with Crippen molar-refractivity contribution in [3.05, 3.63) is 42.5 Å². The molecular weight excluding hydrogens is 711 g/mol. The van der Waals surface area contributed by atoms with Crippen LogP contribution in [0.25, 0.3) is 21.8 Å². The van der Waals surface area contributed by atoms with Crippen molar-refractivity contribution in [2.24, 2.45) is 0 Å². The van der Waals surface area contributed by atoms with Crippen molar-refractivity contribution in [2.45, 2.75) is 27.7 Å². The Balaban J connectivity index is -0.00000205. The van der Waals surface area contributed by atoms with Gasteiger partial charge in [0.25, 0.3) is 0 Å². The van der Waals surface area contributed by atoms with Crippen LogP contribution in [0.15, 0.2) is 42.5 Å². The van der Waals surface area contributed by atoms with Crippen molar-refractivity contribution >= 4 is 21.8 Å². The van der Waals surface area contributed by atoms with E-state index in [0.29, 0.717) is 13.2 Å². The first-order chi connectivity index (χ1) is 14.7. The van der Waals surface area contributed by atoms with E-state index >= 15 is 0 Å². The van der Waals surface area contributed by atoms with Crippen molar-refractivity contribution in [2.75, 3.05) is 52.5 Å². The number of benzene rings is 2. The maximum atomic E-state index is 6.09. The largest absolute Gasteiger partial charge is 4.00 e. The van der Waals surface area contributed by atoms with Gasteiger partial charge in [0.15, 0.2) is 0 Å². The van der Waals surface area contributed by atoms with Gasteiger partial charge in [-0.3, -0.25) is 0 Å². The minimum Gasteiger partial charge on any atom is -1.00 e. The van der Waals surface area contributed by atoms with Crippen LogP contribution in [-0.4, -0.2) is 67.3 Å². The van der Waals surface area contributed by atoms with Gasteiger partial charge in [-0.25, -0.2) is 4.98 Å². The fraction of sp³-hybridized carbons (Fsp3) is 0.480. The van der Waals surface area contributed by atoms with E-state index in [1.54, 1.807) is 0 Å². The molecule has 0 saturated heterocycles. The Morgan fingerprint density at radius 2 is 1.26 bits per heavy atom. The zero-order chi connectivity index (χ0) is 21.3. The number of pyridine rings is 1. The van der Waals surface area contributed by atoms with E-state index in [0.717, 1.165) is 72.6 Å². The van der Waals surface area contributed by atoms with Crippen LogP contribution in [0.2, 0.25) is 0 Å². The normalized spacial score (nSPS) is 10.0. The number of aromatic nitrogens is 1. The third-order valence-corrected chi connectivity index (χ3v) is 5.70. The van der Waals surface area contributed by atoms with Gasteiger partial charge in [-0.15, -0.1) is 0 Å². The quantitative estimate of drug-likeness (QED) is 0.173. The van der Waals surface area contributed by atoms with Crippen LogP contribution in [0.5, 0.6) is 11.5 Å². The Kier molecular flexibility index (Phi) is 22.9. The third-order valence-electron chi connectivity index (χ3n) is 5.70. The predicted molar refractivity (Wildman–Crippen MR) is 126 cm³/mol. The standard InChI is InChI=1S/C25H35N3O2.4ClH.Pt/c1-5-27(6-2)14-16-29-22-12-13-23-21(19-22)18-20-10-9-11-24(25(20)26-23)30-17-15-28(7-3)8-4;;;;;/h9-13,18-19H,5-8,14-17H2,1-4H3;4*1H;/q;;;;;+4/p-4. The fourth-order valence-electron chi connectivity index (χ4n) is 3.68. The molecule has 0 fully saturated rings. The van der Waals surface area contributed by atoms with Gasteiger partial charge in [-0.1, -0.05) is 39.8 Å². The van der Waals surface area contributed by atoms with Crippen molar-refractivity contribution in [3.8, 4) is 11.5 Å². The number of hydrogen-bond donors (Lipinski definition) is 0. The van der Waals surface area contributed by atoms with Crippen molar-refractivity contribution in [1.29, 1.82) is 0 Å². The summed E-state index contributed by atoms with van der Waals surface area (Å²) in [7, 11) is 0. The molecule has 35 heavy (non-hydrogen) atoms. The van der Waals surface area contributed by atoms with E-state index in [2.05, 4.69) is 55.7 Å². The van der Waals surface area contributed by atoms with E-state index in [9.17, 15) is 0 Å². The summed E-state index contributed by atoms with van der Waals surface area (Å²) in [5.74, 6) is 1.74. The topological polar surface area (TPSA) is 37.8 Å². The molecule has 0 saturated carbocycles. The summed E-state index contributed by atoms with van der Waals surface area (Å²) in [6, 6.07) is 14.4. The number of rotatable bonds is 12. The van der Waals surface area contributed by atoms with Crippen LogP contribution in [-0.2, 0) is 21.1 Å². The van der Waals surface area contributed by atoms with Crippen LogP contribution in [0.1, 0.15) is 27.7 Å². The van der Waals surface area contributed by atoms with E-state index < -0.39 is 0 Å². The smallest absolute Gasteiger partial charge is 1.00 e. The van der Waals surface area contributed by atoms with Gasteiger partial charge in [0, 0.05) is 23.9 Å². The molecule has 0 N–H and O–H groups in total. The van der Waals surface area contributed by atoms with Crippen molar-refractivity contribution < 1.29 is 80.2 Å². The molecule has 0 amide bonds. The van der Waals surface area contributed by atoms with Gasteiger partial charge in [0.05, 0.1) is 5.52 Å². The first kappa shape index (κ1) is 39.0. The molecule has 10 heteroatoms. The number of fused-ring (bicyclic) bond motifs is 2. The summed E-state index contributed by atoms with van der Waals surface area (Å²) in [5.41, 5.74) is 1.87. The molecule has 0 aliphatic carbocycles. The summed E-state index contributed by atoms with van der Waals surface area (Å²) in [6.45, 7) is 16.1. The summed E-state index contributed by atoms with van der Waals surface area (Å²) in [5, 5.41) is 2.17. The summed E-state index contributed by atoms with van der Waals surface area (Å²) < 4.78 is 12.1. The van der Waals surface area contributed by atoms with Crippen LogP contribution in [0, 0.1) is 0 Å². The number of ether oxygens (including phenoxy) is 2. The predicted octanol–water partition coefficient (Wildman–Crippen LogP) is -7.16. The van der Waals surface area contributed by atoms with Gasteiger partial charge in [0.1, 0.15) is 30.2 Å². The minimum absolute atomic E-state index is 0. The van der Waals surface area contributed by atoms with Crippen LogP contribution in [0.3, 0.4) is 0 Å². The molecule has 0 aliphatic rings. The molecule has 1 aromatic heterocycles. The van der Waals surface area contributed by atoms with Crippen LogP contribution < -0.4 is 59.1 Å². The minimum atomic E-state index is 0. The molecule has 3 rings (SSSR count). The SMILES string of the molecule is CCN(CC)CCOc1ccc2nc3c(OCCN(CC)CC)cccc3cc2c1.[Cl-].[Cl-].[Cl-].[Cl-].[Pt+4]. The molecule has 0 atom stereocenters. The molecule has 0 radical (unpaired) electrons. The maximum absolute atomic E-state index is 6.09. The second-order valence-electron chi connectivity index (χ2n) is 7.42. The molecule has 200 valence electrons. The Morgan fingerprint density at radius 3 is 1.83 bits per heavy atom. The van der Waals surface area contributed by atoms with Gasteiger partial charge < -0.3 is 68.9 Å². The number of halogens is 4. The maximum Gasteiger partial charge on any atom is 4.00 e. The van der Waals surface area contributed by atoms with Crippen LogP contribution in [0.4, 0.5) is 0 Å². The summed E-state index contributed by atoms with van der Waals surface area (Å²) in [6.07, 6.45) is 0. The Hall–Kier alpha value is -0.522. The monoisotopic (exact) mass is 744 g/mol. The molecule has 0 spiro atoms. The molecule has 0 bridgehead atoms. The fourth-order valence-corrected chi connectivity index (χ4v) is 3.68. The van der Waals surface area contributed by atoms with Crippen molar-refractivity contribution in [3.63, 3.8) is 0 Å². The Bertz CT molecular complexity index is 960. The molecule has 2 aromatic carbocycles. The van der Waals surface area contributed by atoms with Gasteiger partial charge in [-0.05, 0) is 56.5 Å². The van der Waals surface area contributed by atoms with E-state index in [4.69, 9.17) is 14.5 Å². The van der Waals surface area contributed by atoms with E-state index in [-0.39, 0.29) is 70.7 Å². The Labute approximate surface area is 249 Å². The molecule has 0 aliphatic heterocycles. The second kappa shape index (κ2) is 20.5. The summed E-state index contributed by atoms with van der Waals surface area (Å²) >= 11 is 0. The van der Waals surface area contributed by atoms with E-state index in [1.807, 2.05) is 24.3 Å². The van der Waals surface area contributed by atoms with Gasteiger partial charge in [-0.2, -0.15) is 0 Å². The number of likely N-dealkylation sites (N-methyl/N-ethyl adjacent to an activating group) is 2. The number of para-hydroxylation sites is 1. The molecule has 0 unspecified atom stereocenters. The number of hydrogen-bond acceptors (Lipinski definition) is 5. The van der Waals surface area contributed by atoms with Crippen molar-refractivity contribution in [1.82, 2.24) is 14.8 Å².